The molecule has 0 aliphatic carbocycles. The Hall–Kier alpha value is -3.22. The maximum atomic E-state index is 12.4. The van der Waals surface area contributed by atoms with Crippen molar-refractivity contribution in [2.45, 2.75) is 32.5 Å². The number of carbonyl (C=O) groups excluding carboxylic acids is 2. The number of ether oxygens (including phenoxy) is 1. The fourth-order valence-corrected chi connectivity index (χ4v) is 3.22. The summed E-state index contributed by atoms with van der Waals surface area (Å²) < 4.78 is 5.08. The van der Waals surface area contributed by atoms with Crippen molar-refractivity contribution in [3.8, 4) is 0 Å². The summed E-state index contributed by atoms with van der Waals surface area (Å²) in [6.07, 6.45) is -0.376. The van der Waals surface area contributed by atoms with Gasteiger partial charge >= 0.3 is 6.09 Å². The number of aromatic nitrogens is 1. The van der Waals surface area contributed by atoms with Crippen LogP contribution in [-0.4, -0.2) is 22.8 Å². The van der Waals surface area contributed by atoms with Crippen molar-refractivity contribution in [2.75, 3.05) is 0 Å². The van der Waals surface area contributed by atoms with E-state index in [4.69, 9.17) is 4.74 Å². The first-order chi connectivity index (χ1) is 12.6. The molecule has 0 radical (unpaired) electrons. The van der Waals surface area contributed by atoms with Crippen LogP contribution >= 0.6 is 0 Å². The summed E-state index contributed by atoms with van der Waals surface area (Å²) in [5.41, 5.74) is 4.10. The molecule has 2 amide bonds. The van der Waals surface area contributed by atoms with Gasteiger partial charge < -0.3 is 10.1 Å². The van der Waals surface area contributed by atoms with Crippen molar-refractivity contribution in [2.24, 2.45) is 4.99 Å². The minimum absolute atomic E-state index is 0.0725. The number of cyclic esters (lactones) is 1. The molecule has 0 unspecified atom stereocenters. The van der Waals surface area contributed by atoms with Gasteiger partial charge in [0.2, 0.25) is 5.91 Å². The van der Waals surface area contributed by atoms with Crippen LogP contribution in [0, 0.1) is 0 Å². The molecule has 7 heteroatoms. The topological polar surface area (TPSA) is 92.7 Å². The van der Waals surface area contributed by atoms with E-state index >= 15 is 0 Å². The molecule has 0 fully saturated rings. The number of nitrogens with one attached hydrogen (secondary N) is 2. The van der Waals surface area contributed by atoms with Crippen LogP contribution in [0.4, 0.5) is 4.79 Å². The van der Waals surface area contributed by atoms with E-state index in [9.17, 15) is 9.59 Å². The summed E-state index contributed by atoms with van der Waals surface area (Å²) in [5.74, 6) is 0.391. The van der Waals surface area contributed by atoms with E-state index in [1.165, 1.54) is 0 Å². The Morgan fingerprint density at radius 1 is 1.35 bits per heavy atom. The van der Waals surface area contributed by atoms with Crippen molar-refractivity contribution in [3.63, 3.8) is 0 Å². The first-order valence-electron chi connectivity index (χ1n) is 8.45. The van der Waals surface area contributed by atoms with E-state index in [-0.39, 0.29) is 25.0 Å². The van der Waals surface area contributed by atoms with E-state index in [0.717, 1.165) is 16.7 Å². The Morgan fingerprint density at radius 3 is 2.96 bits per heavy atom. The van der Waals surface area contributed by atoms with Crippen molar-refractivity contribution in [1.82, 2.24) is 15.6 Å². The third kappa shape index (κ3) is 3.15. The maximum Gasteiger partial charge on any atom is 0.413 e. The van der Waals surface area contributed by atoms with E-state index in [1.54, 1.807) is 0 Å². The highest BCUT2D eigenvalue weighted by molar-refractivity contribution is 6.10. The molecule has 2 aromatic rings. The number of amidine groups is 1. The van der Waals surface area contributed by atoms with E-state index in [0.29, 0.717) is 23.8 Å². The molecule has 1 atom stereocenters. The number of carbonyl (C=O) groups is 2. The van der Waals surface area contributed by atoms with Gasteiger partial charge in [-0.15, -0.1) is 0 Å². The monoisotopic (exact) mass is 350 g/mol. The average molecular weight is 350 g/mol. The van der Waals surface area contributed by atoms with Crippen molar-refractivity contribution >= 4 is 17.8 Å². The lowest BCUT2D eigenvalue weighted by atomic mass is 10.0. The van der Waals surface area contributed by atoms with Crippen LogP contribution in [-0.2, 0) is 29.1 Å². The zero-order valence-electron chi connectivity index (χ0n) is 14.3. The number of pyridine rings is 1. The molecule has 0 saturated heterocycles. The lowest BCUT2D eigenvalue weighted by molar-refractivity contribution is -0.121. The van der Waals surface area contributed by atoms with E-state index in [2.05, 4.69) is 20.6 Å². The zero-order valence-corrected chi connectivity index (χ0v) is 14.3. The van der Waals surface area contributed by atoms with E-state index < -0.39 is 6.09 Å². The first-order valence-corrected chi connectivity index (χ1v) is 8.45. The molecular formula is C19H18N4O3. The number of aliphatic imine (C=N–C) groups is 1. The first kappa shape index (κ1) is 16.3. The zero-order chi connectivity index (χ0) is 18.1. The fraction of sp³-hybridized carbons (Fsp3) is 0.263. The largest absolute Gasteiger partial charge is 0.443 e. The third-order valence-corrected chi connectivity index (χ3v) is 4.45. The van der Waals surface area contributed by atoms with Crippen LogP contribution in [0.2, 0.25) is 0 Å². The molecule has 26 heavy (non-hydrogen) atoms. The molecule has 1 aromatic carbocycles. The number of rotatable bonds is 4. The minimum atomic E-state index is -0.537. The lowest BCUT2D eigenvalue weighted by Gasteiger charge is -2.15. The van der Waals surface area contributed by atoms with Crippen molar-refractivity contribution in [1.29, 1.82) is 0 Å². The van der Waals surface area contributed by atoms with Gasteiger partial charge in [0, 0.05) is 5.56 Å². The smallest absolute Gasteiger partial charge is 0.413 e. The van der Waals surface area contributed by atoms with Crippen LogP contribution in [0.5, 0.6) is 0 Å². The van der Waals surface area contributed by atoms with Crippen LogP contribution in [0.3, 0.4) is 0 Å². The molecule has 7 nitrogen and oxygen atoms in total. The Kier molecular flexibility index (Phi) is 4.12. The summed E-state index contributed by atoms with van der Waals surface area (Å²) in [6, 6.07) is 11.6. The summed E-state index contributed by atoms with van der Waals surface area (Å²) >= 11 is 0. The molecule has 2 aliphatic rings. The van der Waals surface area contributed by atoms with Crippen molar-refractivity contribution < 1.29 is 14.3 Å². The van der Waals surface area contributed by atoms with Gasteiger partial charge in [0.25, 0.3) is 0 Å². The Bertz CT molecular complexity index is 909. The third-order valence-electron chi connectivity index (χ3n) is 4.45. The van der Waals surface area contributed by atoms with Crippen molar-refractivity contribution in [3.05, 3.63) is 64.5 Å². The Labute approximate surface area is 150 Å². The number of benzene rings is 1. The summed E-state index contributed by atoms with van der Waals surface area (Å²) in [4.78, 5) is 32.8. The Balaban J connectivity index is 1.50. The molecule has 3 heterocycles. The van der Waals surface area contributed by atoms with Crippen LogP contribution < -0.4 is 10.6 Å². The maximum absolute atomic E-state index is 12.4. The molecular weight excluding hydrogens is 332 g/mol. The van der Waals surface area contributed by atoms with Gasteiger partial charge in [0.15, 0.2) is 0 Å². The van der Waals surface area contributed by atoms with Crippen LogP contribution in [0.1, 0.15) is 41.0 Å². The summed E-state index contributed by atoms with van der Waals surface area (Å²) in [5, 5.41) is 5.60. The second-order valence-corrected chi connectivity index (χ2v) is 6.34. The van der Waals surface area contributed by atoms with Crippen LogP contribution in [0.25, 0.3) is 0 Å². The molecule has 0 saturated carbocycles. The average Bonchev–Trinajstić information content (AvgIpc) is 2.95. The van der Waals surface area contributed by atoms with Gasteiger partial charge in [-0.25, -0.2) is 4.79 Å². The van der Waals surface area contributed by atoms with Gasteiger partial charge in [-0.05, 0) is 24.1 Å². The second-order valence-electron chi connectivity index (χ2n) is 6.34. The molecule has 1 aromatic heterocycles. The number of alkyl carbamates (subject to hydrolysis) is 1. The molecule has 0 spiro atoms. The molecule has 0 bridgehead atoms. The standard InChI is InChI=1S/C19H18N4O3/c1-11(12-5-3-2-4-6-12)21-16(24)8-14-7-13-9-20-18-17(13)15(22-14)10-26-19(25)23-18/h2-7,11H,8-10H2,1H3,(H,21,24)(H,20,23,25)/t11-/m1/s1. The van der Waals surface area contributed by atoms with Gasteiger partial charge in [0.05, 0.1) is 30.4 Å². The van der Waals surface area contributed by atoms with E-state index in [1.807, 2.05) is 43.3 Å². The van der Waals surface area contributed by atoms with Gasteiger partial charge in [-0.3, -0.25) is 20.1 Å². The molecule has 2 N–H and O–H groups in total. The SMILES string of the molecule is C[C@@H](NC(=O)Cc1cc2c3c(n1)COC(=O)NC3=NC2)c1ccccc1. The lowest BCUT2D eigenvalue weighted by Crippen LogP contribution is -2.29. The second kappa shape index (κ2) is 6.59. The predicted octanol–water partition coefficient (Wildman–Crippen LogP) is 2.00. The number of nitrogens with zero attached hydrogens (tertiary/aromatic N) is 2. The normalized spacial score (nSPS) is 15.9. The summed E-state index contributed by atoms with van der Waals surface area (Å²) in [7, 11) is 0. The number of hydrogen-bond donors (Lipinski definition) is 2. The molecule has 132 valence electrons. The fourth-order valence-electron chi connectivity index (χ4n) is 3.22. The highest BCUT2D eigenvalue weighted by Gasteiger charge is 2.27. The highest BCUT2D eigenvalue weighted by Crippen LogP contribution is 2.24. The quantitative estimate of drug-likeness (QED) is 0.882. The molecule has 2 aliphatic heterocycles. The predicted molar refractivity (Wildman–Crippen MR) is 94.5 cm³/mol. The summed E-state index contributed by atoms with van der Waals surface area (Å²) in [6.45, 7) is 2.49. The van der Waals surface area contributed by atoms with Gasteiger partial charge in [-0.1, -0.05) is 30.3 Å². The number of amides is 2. The number of hydrogen-bond acceptors (Lipinski definition) is 5. The van der Waals surface area contributed by atoms with Crippen LogP contribution in [0.15, 0.2) is 41.4 Å². The molecule has 4 rings (SSSR count). The van der Waals surface area contributed by atoms with Gasteiger partial charge in [-0.2, -0.15) is 0 Å². The Morgan fingerprint density at radius 2 is 2.15 bits per heavy atom. The van der Waals surface area contributed by atoms with Gasteiger partial charge in [0.1, 0.15) is 12.4 Å². The highest BCUT2D eigenvalue weighted by atomic mass is 16.5. The minimum Gasteiger partial charge on any atom is -0.443 e.